The van der Waals surface area contributed by atoms with Crippen LogP contribution in [0.25, 0.3) is 10.9 Å². The fourth-order valence-corrected chi connectivity index (χ4v) is 3.54. The summed E-state index contributed by atoms with van der Waals surface area (Å²) in [6.45, 7) is 2.12. The minimum atomic E-state index is -0.124. The van der Waals surface area contributed by atoms with Gasteiger partial charge in [0.2, 0.25) is 0 Å². The van der Waals surface area contributed by atoms with Crippen LogP contribution in [0.2, 0.25) is 0 Å². The fraction of sp³-hybridized carbons (Fsp3) is 0.467. The summed E-state index contributed by atoms with van der Waals surface area (Å²) in [4.78, 5) is 18.7. The number of anilines is 1. The molecule has 1 aliphatic heterocycles. The third-order valence-corrected chi connectivity index (χ3v) is 4.72. The number of methoxy groups -OCH3 is 1. The number of rotatable bonds is 3. The number of piperidine rings is 2. The quantitative estimate of drug-likeness (QED) is 0.783. The number of benzene rings is 1. The Hall–Kier alpha value is -2.08. The molecule has 2 bridgehead atoms. The number of H-pyrrole nitrogens is 1. The number of nitrogens with zero attached hydrogens (tertiary/aromatic N) is 1. The first-order chi connectivity index (χ1) is 10.3. The smallest absolute Gasteiger partial charge is 0.258 e. The topological polar surface area (TPSA) is 79.0 Å². The van der Waals surface area contributed by atoms with Gasteiger partial charge in [0, 0.05) is 12.1 Å². The van der Waals surface area contributed by atoms with Crippen molar-refractivity contribution in [3.63, 3.8) is 0 Å². The molecule has 2 heterocycles. The van der Waals surface area contributed by atoms with Crippen molar-refractivity contribution >= 4 is 16.6 Å². The van der Waals surface area contributed by atoms with Gasteiger partial charge in [-0.25, -0.2) is 4.98 Å². The minimum Gasteiger partial charge on any atom is -0.495 e. The van der Waals surface area contributed by atoms with E-state index < -0.39 is 0 Å². The van der Waals surface area contributed by atoms with Gasteiger partial charge < -0.3 is 20.4 Å². The summed E-state index contributed by atoms with van der Waals surface area (Å²) >= 11 is 0. The zero-order valence-corrected chi connectivity index (χ0v) is 11.8. The van der Waals surface area contributed by atoms with Crippen molar-refractivity contribution < 1.29 is 4.74 Å². The monoisotopic (exact) mass is 286 g/mol. The average Bonchev–Trinajstić information content (AvgIpc) is 2.53. The van der Waals surface area contributed by atoms with Crippen LogP contribution in [0, 0.1) is 11.8 Å². The van der Waals surface area contributed by atoms with Gasteiger partial charge in [-0.2, -0.15) is 0 Å². The average molecular weight is 286 g/mol. The van der Waals surface area contributed by atoms with Crippen molar-refractivity contribution in [1.82, 2.24) is 15.3 Å². The molecule has 2 fully saturated rings. The van der Waals surface area contributed by atoms with E-state index in [0.717, 1.165) is 24.5 Å². The number of hydrogen-bond acceptors (Lipinski definition) is 5. The largest absolute Gasteiger partial charge is 0.495 e. The highest BCUT2D eigenvalue weighted by molar-refractivity contribution is 5.85. The predicted octanol–water partition coefficient (Wildman–Crippen LogP) is 0.951. The van der Waals surface area contributed by atoms with Crippen molar-refractivity contribution in [1.29, 1.82) is 0 Å². The molecule has 4 rings (SSSR count). The molecular weight excluding hydrogens is 268 g/mol. The summed E-state index contributed by atoms with van der Waals surface area (Å²) < 4.78 is 5.45. The SMILES string of the molecule is COc1cc2nc[nH]c(=O)c2cc1N[C@@H]1[C@@H]2CNC[C@H]1C2. The number of aromatic amines is 1. The summed E-state index contributed by atoms with van der Waals surface area (Å²) in [5, 5.41) is 7.59. The highest BCUT2D eigenvalue weighted by atomic mass is 16.5. The summed E-state index contributed by atoms with van der Waals surface area (Å²) in [6.07, 6.45) is 2.70. The van der Waals surface area contributed by atoms with E-state index in [1.165, 1.54) is 12.7 Å². The first-order valence-electron chi connectivity index (χ1n) is 7.29. The Morgan fingerprint density at radius 3 is 2.86 bits per heavy atom. The molecule has 110 valence electrons. The summed E-state index contributed by atoms with van der Waals surface area (Å²) in [7, 11) is 1.64. The molecule has 0 amide bonds. The van der Waals surface area contributed by atoms with Crippen LogP contribution in [-0.2, 0) is 0 Å². The van der Waals surface area contributed by atoms with Crippen molar-refractivity contribution in [2.24, 2.45) is 11.8 Å². The van der Waals surface area contributed by atoms with E-state index in [0.29, 0.717) is 28.8 Å². The number of fused-ring (bicyclic) bond motifs is 3. The summed E-state index contributed by atoms with van der Waals surface area (Å²) in [5.41, 5.74) is 1.41. The Morgan fingerprint density at radius 1 is 1.33 bits per heavy atom. The van der Waals surface area contributed by atoms with E-state index in [1.807, 2.05) is 12.1 Å². The van der Waals surface area contributed by atoms with Gasteiger partial charge >= 0.3 is 0 Å². The molecule has 3 atom stereocenters. The molecule has 6 nitrogen and oxygen atoms in total. The molecule has 0 unspecified atom stereocenters. The third kappa shape index (κ3) is 1.98. The summed E-state index contributed by atoms with van der Waals surface area (Å²) in [5.74, 6) is 2.06. The van der Waals surface area contributed by atoms with Crippen LogP contribution in [0.3, 0.4) is 0 Å². The van der Waals surface area contributed by atoms with Crippen molar-refractivity contribution in [2.45, 2.75) is 12.5 Å². The molecule has 1 aromatic heterocycles. The maximum absolute atomic E-state index is 11.9. The lowest BCUT2D eigenvalue weighted by molar-refractivity contribution is 0.109. The minimum absolute atomic E-state index is 0.124. The Morgan fingerprint density at radius 2 is 2.14 bits per heavy atom. The molecule has 1 saturated carbocycles. The molecule has 0 radical (unpaired) electrons. The Labute approximate surface area is 121 Å². The van der Waals surface area contributed by atoms with Crippen LogP contribution in [0.1, 0.15) is 6.42 Å². The van der Waals surface area contributed by atoms with E-state index in [2.05, 4.69) is 20.6 Å². The van der Waals surface area contributed by atoms with E-state index in [4.69, 9.17) is 4.74 Å². The number of nitrogens with one attached hydrogen (secondary N) is 3. The van der Waals surface area contributed by atoms with Gasteiger partial charge in [0.15, 0.2) is 0 Å². The Balaban J connectivity index is 1.73. The fourth-order valence-electron chi connectivity index (χ4n) is 3.54. The maximum atomic E-state index is 11.9. The lowest BCUT2D eigenvalue weighted by Gasteiger charge is -2.50. The summed E-state index contributed by atoms with van der Waals surface area (Å²) in [6, 6.07) is 4.13. The second kappa shape index (κ2) is 4.73. The maximum Gasteiger partial charge on any atom is 0.258 e. The molecule has 2 aliphatic rings. The number of aromatic nitrogens is 2. The standard InChI is InChI=1S/C15H18N4O2/c1-21-13-4-11-10(15(20)18-7-17-11)3-12(13)19-14-8-2-9(14)6-16-5-8/h3-4,7-9,14,16,19H,2,5-6H2,1H3,(H,17,18,20)/t8-,9+,14+. The zero-order chi connectivity index (χ0) is 14.4. The molecule has 6 heteroatoms. The second-order valence-electron chi connectivity index (χ2n) is 5.89. The lowest BCUT2D eigenvalue weighted by atomic mass is 9.67. The molecule has 1 aliphatic carbocycles. The molecule has 3 N–H and O–H groups in total. The predicted molar refractivity (Wildman–Crippen MR) is 80.8 cm³/mol. The van der Waals surface area contributed by atoms with Crippen molar-refractivity contribution in [3.8, 4) is 5.75 Å². The van der Waals surface area contributed by atoms with Crippen LogP contribution in [0.5, 0.6) is 5.75 Å². The zero-order valence-electron chi connectivity index (χ0n) is 11.8. The van der Waals surface area contributed by atoms with Gasteiger partial charge in [-0.05, 0) is 37.4 Å². The highest BCUT2D eigenvalue weighted by Crippen LogP contribution is 2.40. The van der Waals surface area contributed by atoms with E-state index in [1.54, 1.807) is 7.11 Å². The number of ether oxygens (including phenoxy) is 1. The lowest BCUT2D eigenvalue weighted by Crippen LogP contribution is -2.59. The first kappa shape index (κ1) is 12.6. The van der Waals surface area contributed by atoms with Gasteiger partial charge in [-0.15, -0.1) is 0 Å². The van der Waals surface area contributed by atoms with Gasteiger partial charge in [0.05, 0.1) is 30.0 Å². The molecule has 1 aromatic carbocycles. The van der Waals surface area contributed by atoms with E-state index in [-0.39, 0.29) is 5.56 Å². The molecular formula is C15H18N4O2. The van der Waals surface area contributed by atoms with Gasteiger partial charge in [-0.3, -0.25) is 4.79 Å². The van der Waals surface area contributed by atoms with Crippen LogP contribution in [0.15, 0.2) is 23.3 Å². The molecule has 2 aromatic rings. The van der Waals surface area contributed by atoms with Crippen LogP contribution in [-0.4, -0.2) is 36.2 Å². The van der Waals surface area contributed by atoms with E-state index in [9.17, 15) is 4.79 Å². The van der Waals surface area contributed by atoms with Gasteiger partial charge in [-0.1, -0.05) is 0 Å². The molecule has 1 saturated heterocycles. The second-order valence-corrected chi connectivity index (χ2v) is 5.89. The van der Waals surface area contributed by atoms with Crippen molar-refractivity contribution in [3.05, 3.63) is 28.8 Å². The molecule has 0 spiro atoms. The van der Waals surface area contributed by atoms with Gasteiger partial charge in [0.25, 0.3) is 5.56 Å². The van der Waals surface area contributed by atoms with Gasteiger partial charge in [0.1, 0.15) is 5.75 Å². The highest BCUT2D eigenvalue weighted by Gasteiger charge is 2.43. The Bertz CT molecular complexity index is 728. The third-order valence-electron chi connectivity index (χ3n) is 4.72. The Kier molecular flexibility index (Phi) is 2.85. The van der Waals surface area contributed by atoms with Crippen LogP contribution >= 0.6 is 0 Å². The van der Waals surface area contributed by atoms with Crippen LogP contribution < -0.4 is 20.9 Å². The number of hydrogen-bond donors (Lipinski definition) is 3. The normalized spacial score (nSPS) is 27.2. The van der Waals surface area contributed by atoms with Crippen LogP contribution in [0.4, 0.5) is 5.69 Å². The molecule has 21 heavy (non-hydrogen) atoms. The van der Waals surface area contributed by atoms with E-state index >= 15 is 0 Å². The first-order valence-corrected chi connectivity index (χ1v) is 7.29. The van der Waals surface area contributed by atoms with Crippen molar-refractivity contribution in [2.75, 3.05) is 25.5 Å².